The maximum Gasteiger partial charge on any atom is 0.224 e. The minimum absolute atomic E-state index is 0.0231. The van der Waals surface area contributed by atoms with Crippen LogP contribution in [0.25, 0.3) is 0 Å². The molecule has 2 rings (SSSR count). The second kappa shape index (κ2) is 7.04. The van der Waals surface area contributed by atoms with Crippen LogP contribution in [0.4, 0.5) is 5.13 Å². The van der Waals surface area contributed by atoms with Gasteiger partial charge in [-0.3, -0.25) is 4.79 Å². The molecule has 2 heterocycles. The molecule has 1 aromatic rings. The molecular formula is C14H24N4OS. The summed E-state index contributed by atoms with van der Waals surface area (Å²) in [6.07, 6.45) is 3.31. The highest BCUT2D eigenvalue weighted by Crippen LogP contribution is 2.24. The first kappa shape index (κ1) is 15.3. The standard InChI is InChI=1S/C14H24N4OS/c1-10(11(2)15)13(19)16-6-5-12-9-20-14(17-12)18-7-3-4-8-18/h9-11H,3-8,15H2,1-2H3,(H,16,19). The highest BCUT2D eigenvalue weighted by Gasteiger charge is 2.17. The highest BCUT2D eigenvalue weighted by atomic mass is 32.1. The van der Waals surface area contributed by atoms with Crippen LogP contribution >= 0.6 is 11.3 Å². The summed E-state index contributed by atoms with van der Waals surface area (Å²) in [6.45, 7) is 6.57. The molecule has 1 aliphatic rings. The van der Waals surface area contributed by atoms with Gasteiger partial charge in [-0.25, -0.2) is 4.98 Å². The average Bonchev–Trinajstić information content (AvgIpc) is 3.07. The quantitative estimate of drug-likeness (QED) is 0.832. The van der Waals surface area contributed by atoms with Crippen molar-refractivity contribution in [2.75, 3.05) is 24.5 Å². The van der Waals surface area contributed by atoms with E-state index in [1.54, 1.807) is 11.3 Å². The molecule has 0 aromatic carbocycles. The summed E-state index contributed by atoms with van der Waals surface area (Å²) in [4.78, 5) is 18.7. The maximum atomic E-state index is 11.8. The number of amides is 1. The van der Waals surface area contributed by atoms with Gasteiger partial charge < -0.3 is 16.0 Å². The number of aromatic nitrogens is 1. The van der Waals surface area contributed by atoms with Crippen LogP contribution in [0.2, 0.25) is 0 Å². The molecule has 112 valence electrons. The van der Waals surface area contributed by atoms with Crippen molar-refractivity contribution < 1.29 is 4.79 Å². The zero-order chi connectivity index (χ0) is 14.5. The number of rotatable bonds is 6. The topological polar surface area (TPSA) is 71.2 Å². The van der Waals surface area contributed by atoms with Gasteiger partial charge in [0.05, 0.1) is 5.69 Å². The number of thiazole rings is 1. The number of carbonyl (C=O) groups excluding carboxylic acids is 1. The molecule has 2 atom stereocenters. The predicted molar refractivity (Wildman–Crippen MR) is 83.1 cm³/mol. The van der Waals surface area contributed by atoms with Crippen LogP contribution in [-0.4, -0.2) is 36.6 Å². The number of hydrogen-bond donors (Lipinski definition) is 2. The van der Waals surface area contributed by atoms with Crippen LogP contribution in [0, 0.1) is 5.92 Å². The Morgan fingerprint density at radius 3 is 2.85 bits per heavy atom. The Hall–Kier alpha value is -1.14. The lowest BCUT2D eigenvalue weighted by Gasteiger charge is -2.15. The van der Waals surface area contributed by atoms with E-state index >= 15 is 0 Å². The molecule has 5 nitrogen and oxygen atoms in total. The van der Waals surface area contributed by atoms with Gasteiger partial charge in [0.15, 0.2) is 5.13 Å². The molecule has 20 heavy (non-hydrogen) atoms. The number of anilines is 1. The number of nitrogens with one attached hydrogen (secondary N) is 1. The van der Waals surface area contributed by atoms with Crippen molar-refractivity contribution in [3.63, 3.8) is 0 Å². The molecule has 0 spiro atoms. The summed E-state index contributed by atoms with van der Waals surface area (Å²) >= 11 is 1.70. The first-order chi connectivity index (χ1) is 9.58. The molecule has 2 unspecified atom stereocenters. The molecule has 0 radical (unpaired) electrons. The summed E-state index contributed by atoms with van der Waals surface area (Å²) < 4.78 is 0. The van der Waals surface area contributed by atoms with Gasteiger partial charge in [0, 0.05) is 43.4 Å². The summed E-state index contributed by atoms with van der Waals surface area (Å²) in [7, 11) is 0. The van der Waals surface area contributed by atoms with Gasteiger partial charge in [-0.1, -0.05) is 6.92 Å². The lowest BCUT2D eigenvalue weighted by atomic mass is 10.0. The zero-order valence-corrected chi connectivity index (χ0v) is 13.1. The largest absolute Gasteiger partial charge is 0.355 e. The Balaban J connectivity index is 1.75. The van der Waals surface area contributed by atoms with Gasteiger partial charge in [0.2, 0.25) is 5.91 Å². The Labute approximate surface area is 124 Å². The molecular weight excluding hydrogens is 272 g/mol. The summed E-state index contributed by atoms with van der Waals surface area (Å²) in [6, 6.07) is -0.115. The minimum Gasteiger partial charge on any atom is -0.355 e. The van der Waals surface area contributed by atoms with Crippen molar-refractivity contribution in [2.45, 2.75) is 39.2 Å². The van der Waals surface area contributed by atoms with Gasteiger partial charge in [-0.2, -0.15) is 0 Å². The molecule has 0 saturated carbocycles. The van der Waals surface area contributed by atoms with Crippen molar-refractivity contribution in [1.29, 1.82) is 0 Å². The number of hydrogen-bond acceptors (Lipinski definition) is 5. The molecule has 0 bridgehead atoms. The minimum atomic E-state index is -0.148. The fraction of sp³-hybridized carbons (Fsp3) is 0.714. The molecule has 6 heteroatoms. The smallest absolute Gasteiger partial charge is 0.224 e. The van der Waals surface area contributed by atoms with E-state index in [4.69, 9.17) is 5.73 Å². The van der Waals surface area contributed by atoms with Gasteiger partial charge in [-0.15, -0.1) is 11.3 Å². The summed E-state index contributed by atoms with van der Waals surface area (Å²) in [5, 5.41) is 6.13. The van der Waals surface area contributed by atoms with Crippen molar-refractivity contribution >= 4 is 22.4 Å². The monoisotopic (exact) mass is 296 g/mol. The fourth-order valence-electron chi connectivity index (χ4n) is 2.18. The van der Waals surface area contributed by atoms with Crippen LogP contribution in [-0.2, 0) is 11.2 Å². The van der Waals surface area contributed by atoms with Crippen LogP contribution in [0.3, 0.4) is 0 Å². The van der Waals surface area contributed by atoms with Gasteiger partial charge in [0.25, 0.3) is 0 Å². The van der Waals surface area contributed by atoms with E-state index in [9.17, 15) is 4.79 Å². The normalized spacial score (nSPS) is 18.1. The van der Waals surface area contributed by atoms with Gasteiger partial charge >= 0.3 is 0 Å². The zero-order valence-electron chi connectivity index (χ0n) is 12.3. The number of nitrogens with zero attached hydrogens (tertiary/aromatic N) is 2. The Kier molecular flexibility index (Phi) is 5.37. The van der Waals surface area contributed by atoms with E-state index in [-0.39, 0.29) is 17.9 Å². The van der Waals surface area contributed by atoms with E-state index in [0.717, 1.165) is 30.3 Å². The van der Waals surface area contributed by atoms with Crippen LogP contribution in [0.5, 0.6) is 0 Å². The lowest BCUT2D eigenvalue weighted by Crippen LogP contribution is -2.39. The first-order valence-corrected chi connectivity index (χ1v) is 8.18. The first-order valence-electron chi connectivity index (χ1n) is 7.30. The van der Waals surface area contributed by atoms with Crippen LogP contribution in [0.15, 0.2) is 5.38 Å². The molecule has 3 N–H and O–H groups in total. The Bertz CT molecular complexity index is 440. The van der Waals surface area contributed by atoms with E-state index in [1.807, 2.05) is 13.8 Å². The molecule has 1 amide bonds. The molecule has 1 fully saturated rings. The Morgan fingerprint density at radius 1 is 1.50 bits per heavy atom. The highest BCUT2D eigenvalue weighted by molar-refractivity contribution is 7.13. The van der Waals surface area contributed by atoms with E-state index in [0.29, 0.717) is 6.54 Å². The third kappa shape index (κ3) is 3.93. The van der Waals surface area contributed by atoms with Crippen molar-refractivity contribution in [3.05, 3.63) is 11.1 Å². The number of carbonyl (C=O) groups is 1. The molecule has 0 aliphatic carbocycles. The van der Waals surface area contributed by atoms with Gasteiger partial charge in [0.1, 0.15) is 0 Å². The average molecular weight is 296 g/mol. The summed E-state index contributed by atoms with van der Waals surface area (Å²) in [5.41, 5.74) is 6.78. The third-order valence-corrected chi connectivity index (χ3v) is 4.75. The number of nitrogens with two attached hydrogens (primary N) is 1. The van der Waals surface area contributed by atoms with E-state index in [2.05, 4.69) is 20.6 Å². The fourth-order valence-corrected chi connectivity index (χ4v) is 3.09. The third-order valence-electron chi connectivity index (χ3n) is 3.80. The molecule has 1 aliphatic heterocycles. The van der Waals surface area contributed by atoms with Crippen LogP contribution < -0.4 is 16.0 Å². The van der Waals surface area contributed by atoms with Crippen LogP contribution in [0.1, 0.15) is 32.4 Å². The van der Waals surface area contributed by atoms with Crippen molar-refractivity contribution in [3.8, 4) is 0 Å². The Morgan fingerprint density at radius 2 is 2.20 bits per heavy atom. The predicted octanol–water partition coefficient (Wildman–Crippen LogP) is 1.39. The molecule has 1 saturated heterocycles. The SMILES string of the molecule is CC(N)C(C)C(=O)NCCc1csc(N2CCCC2)n1. The van der Waals surface area contributed by atoms with Crippen molar-refractivity contribution in [1.82, 2.24) is 10.3 Å². The van der Waals surface area contributed by atoms with E-state index < -0.39 is 0 Å². The lowest BCUT2D eigenvalue weighted by molar-refractivity contribution is -0.124. The second-order valence-corrected chi connectivity index (χ2v) is 6.34. The maximum absolute atomic E-state index is 11.8. The van der Waals surface area contributed by atoms with Gasteiger partial charge in [-0.05, 0) is 19.8 Å². The van der Waals surface area contributed by atoms with Crippen molar-refractivity contribution in [2.24, 2.45) is 11.7 Å². The second-order valence-electron chi connectivity index (χ2n) is 5.50. The van der Waals surface area contributed by atoms with E-state index in [1.165, 1.54) is 12.8 Å². The molecule has 1 aromatic heterocycles. The summed E-state index contributed by atoms with van der Waals surface area (Å²) in [5.74, 6) is -0.124.